The predicted octanol–water partition coefficient (Wildman–Crippen LogP) is 4.11. The molecule has 0 spiro atoms. The number of nitrogens with one attached hydrogen (secondary N) is 1. The number of carbonyl (C=O) groups excluding carboxylic acids is 2. The lowest BCUT2D eigenvalue weighted by molar-refractivity contribution is -0.220. The van der Waals surface area contributed by atoms with Crippen LogP contribution in [0.2, 0.25) is 0 Å². The van der Waals surface area contributed by atoms with Gasteiger partial charge in [0.15, 0.2) is 6.10 Å². The van der Waals surface area contributed by atoms with Crippen molar-refractivity contribution in [3.05, 3.63) is 53.8 Å². The van der Waals surface area contributed by atoms with E-state index in [1.807, 2.05) is 38.1 Å². The molecule has 172 valence electrons. The van der Waals surface area contributed by atoms with E-state index in [1.165, 1.54) is 26.0 Å². The maximum atomic E-state index is 13.9. The van der Waals surface area contributed by atoms with Crippen LogP contribution in [0.1, 0.15) is 33.3 Å². The molecule has 7 heteroatoms. The fourth-order valence-electron chi connectivity index (χ4n) is 3.80. The van der Waals surface area contributed by atoms with Crippen LogP contribution < -0.4 is 10.1 Å². The van der Waals surface area contributed by atoms with E-state index < -0.39 is 12.4 Å². The zero-order valence-corrected chi connectivity index (χ0v) is 18.9. The highest BCUT2D eigenvalue weighted by Crippen LogP contribution is 2.33. The molecule has 6 nitrogen and oxygen atoms in total. The Morgan fingerprint density at radius 2 is 1.94 bits per heavy atom. The molecule has 0 radical (unpaired) electrons. The van der Waals surface area contributed by atoms with Crippen molar-refractivity contribution in [2.45, 2.75) is 46.5 Å². The minimum Gasteiger partial charge on any atom is -0.461 e. The molecule has 1 amide bonds. The van der Waals surface area contributed by atoms with Crippen LogP contribution in [0.4, 0.5) is 4.39 Å². The number of hydrogen-bond donors (Lipinski definition) is 1. The van der Waals surface area contributed by atoms with Crippen LogP contribution in [0.25, 0.3) is 11.1 Å². The van der Waals surface area contributed by atoms with E-state index in [0.29, 0.717) is 30.9 Å². The van der Waals surface area contributed by atoms with E-state index in [1.54, 1.807) is 6.07 Å². The first-order chi connectivity index (χ1) is 15.2. The summed E-state index contributed by atoms with van der Waals surface area (Å²) in [5.41, 5.74) is 2.45. The van der Waals surface area contributed by atoms with Crippen molar-refractivity contribution in [3.8, 4) is 16.9 Å². The lowest BCUT2D eigenvalue weighted by Gasteiger charge is -2.39. The van der Waals surface area contributed by atoms with Gasteiger partial charge in [-0.1, -0.05) is 32.0 Å². The predicted molar refractivity (Wildman–Crippen MR) is 118 cm³/mol. The summed E-state index contributed by atoms with van der Waals surface area (Å²) in [4.78, 5) is 22.9. The van der Waals surface area contributed by atoms with Crippen molar-refractivity contribution in [2.24, 2.45) is 11.8 Å². The van der Waals surface area contributed by atoms with Crippen LogP contribution in [0.3, 0.4) is 0 Å². The highest BCUT2D eigenvalue weighted by molar-refractivity contribution is 5.73. The molecule has 1 aliphatic rings. The van der Waals surface area contributed by atoms with Crippen molar-refractivity contribution >= 4 is 11.9 Å². The fourth-order valence-corrected chi connectivity index (χ4v) is 3.80. The van der Waals surface area contributed by atoms with E-state index in [4.69, 9.17) is 14.2 Å². The third kappa shape index (κ3) is 6.07. The Labute approximate surface area is 188 Å². The zero-order valence-electron chi connectivity index (χ0n) is 18.9. The highest BCUT2D eigenvalue weighted by Gasteiger charge is 2.39. The second-order valence-corrected chi connectivity index (χ2v) is 8.29. The number of ether oxygens (including phenoxy) is 3. The molecule has 3 rings (SSSR count). The van der Waals surface area contributed by atoms with Crippen molar-refractivity contribution in [1.82, 2.24) is 5.32 Å². The van der Waals surface area contributed by atoms with E-state index >= 15 is 0 Å². The minimum atomic E-state index is -0.740. The van der Waals surface area contributed by atoms with Gasteiger partial charge >= 0.3 is 5.97 Å². The van der Waals surface area contributed by atoms with Gasteiger partial charge in [-0.2, -0.15) is 0 Å². The second kappa shape index (κ2) is 10.6. The fraction of sp³-hybridized carbons (Fsp3) is 0.440. The maximum absolute atomic E-state index is 13.9. The topological polar surface area (TPSA) is 73.9 Å². The van der Waals surface area contributed by atoms with Crippen LogP contribution in [0, 0.1) is 17.7 Å². The van der Waals surface area contributed by atoms with E-state index in [-0.39, 0.29) is 29.5 Å². The molecule has 1 unspecified atom stereocenters. The molecule has 32 heavy (non-hydrogen) atoms. The lowest BCUT2D eigenvalue weighted by atomic mass is 9.88. The molecule has 2 aromatic rings. The molecule has 1 fully saturated rings. The Hall–Kier alpha value is -2.93. The van der Waals surface area contributed by atoms with Crippen molar-refractivity contribution in [1.29, 1.82) is 0 Å². The van der Waals surface area contributed by atoms with E-state index in [0.717, 1.165) is 11.1 Å². The van der Waals surface area contributed by atoms with Gasteiger partial charge in [-0.3, -0.25) is 9.59 Å². The Balaban J connectivity index is 1.88. The maximum Gasteiger partial charge on any atom is 0.303 e. The summed E-state index contributed by atoms with van der Waals surface area (Å²) in [5, 5.41) is 2.78. The van der Waals surface area contributed by atoms with Crippen LogP contribution in [0.5, 0.6) is 5.75 Å². The Kier molecular flexibility index (Phi) is 7.85. The van der Waals surface area contributed by atoms with Gasteiger partial charge in [0.2, 0.25) is 12.2 Å². The van der Waals surface area contributed by atoms with Gasteiger partial charge in [0.1, 0.15) is 11.6 Å². The molecule has 1 heterocycles. The number of hydrogen-bond acceptors (Lipinski definition) is 5. The standard InChI is InChI=1S/C25H30FNO5/c1-15-14-30-25(24(16(15)2)31-18(4)29)32-22-9-8-19(10-11-27-17(3)28)23(13-22)20-6-5-7-21(26)12-20/h5-9,12-13,15-16,24-25H,10-11,14H2,1-4H3,(H,27,28)/t15-,16-,24+,25?/m1/s1. The first-order valence-electron chi connectivity index (χ1n) is 10.8. The normalized spacial score (nSPS) is 22.8. The summed E-state index contributed by atoms with van der Waals surface area (Å²) in [6.45, 7) is 7.86. The van der Waals surface area contributed by atoms with Crippen LogP contribution >= 0.6 is 0 Å². The summed E-state index contributed by atoms with van der Waals surface area (Å²) in [7, 11) is 0. The number of amides is 1. The van der Waals surface area contributed by atoms with Gasteiger partial charge in [-0.15, -0.1) is 0 Å². The summed E-state index contributed by atoms with van der Waals surface area (Å²) >= 11 is 0. The highest BCUT2D eigenvalue weighted by atomic mass is 19.1. The third-order valence-electron chi connectivity index (χ3n) is 5.75. The average molecular weight is 444 g/mol. The molecule has 0 bridgehead atoms. The molecule has 0 saturated carbocycles. The molecule has 1 saturated heterocycles. The lowest BCUT2D eigenvalue weighted by Crippen LogP contribution is -2.49. The SMILES string of the molecule is CC(=O)NCCc1ccc(OC2OC[C@@H](C)[C@@H](C)[C@@H]2OC(C)=O)cc1-c1cccc(F)c1. The second-order valence-electron chi connectivity index (χ2n) is 8.29. The molecular weight excluding hydrogens is 413 g/mol. The van der Waals surface area contributed by atoms with Gasteiger partial charge < -0.3 is 19.5 Å². The van der Waals surface area contributed by atoms with Gasteiger partial charge in [-0.25, -0.2) is 4.39 Å². The zero-order chi connectivity index (χ0) is 23.3. The molecule has 4 atom stereocenters. The van der Waals surface area contributed by atoms with Gasteiger partial charge in [0.25, 0.3) is 0 Å². The molecule has 0 aliphatic carbocycles. The summed E-state index contributed by atoms with van der Waals surface area (Å²) < 4.78 is 31.4. The van der Waals surface area contributed by atoms with Gasteiger partial charge in [0.05, 0.1) is 6.61 Å². The quantitative estimate of drug-likeness (QED) is 0.652. The monoisotopic (exact) mass is 443 g/mol. The summed E-state index contributed by atoms with van der Waals surface area (Å²) in [6.07, 6.45) is -0.694. The number of halogens is 1. The number of rotatable bonds is 7. The Morgan fingerprint density at radius 1 is 1.16 bits per heavy atom. The van der Waals surface area contributed by atoms with Crippen LogP contribution in [-0.4, -0.2) is 37.4 Å². The molecule has 0 aromatic heterocycles. The first-order valence-corrected chi connectivity index (χ1v) is 10.8. The number of esters is 1. The Bertz CT molecular complexity index is 963. The van der Waals surface area contributed by atoms with E-state index in [9.17, 15) is 14.0 Å². The number of carbonyl (C=O) groups is 2. The summed E-state index contributed by atoms with van der Waals surface area (Å²) in [6, 6.07) is 11.9. The van der Waals surface area contributed by atoms with Crippen molar-refractivity contribution < 1.29 is 28.2 Å². The minimum absolute atomic E-state index is 0.0669. The molecule has 2 aromatic carbocycles. The van der Waals surface area contributed by atoms with E-state index in [2.05, 4.69) is 5.32 Å². The average Bonchev–Trinajstić information content (AvgIpc) is 2.73. The van der Waals surface area contributed by atoms with Crippen LogP contribution in [-0.2, 0) is 25.5 Å². The smallest absolute Gasteiger partial charge is 0.303 e. The van der Waals surface area contributed by atoms with Crippen molar-refractivity contribution in [3.63, 3.8) is 0 Å². The number of benzene rings is 2. The van der Waals surface area contributed by atoms with Gasteiger partial charge in [-0.05, 0) is 53.3 Å². The largest absolute Gasteiger partial charge is 0.461 e. The third-order valence-corrected chi connectivity index (χ3v) is 5.75. The molecular formula is C25H30FNO5. The molecule has 1 N–H and O–H groups in total. The Morgan fingerprint density at radius 3 is 2.62 bits per heavy atom. The first kappa shape index (κ1) is 23.7. The van der Waals surface area contributed by atoms with Gasteiger partial charge in [0, 0.05) is 26.3 Å². The molecule has 1 aliphatic heterocycles. The van der Waals surface area contributed by atoms with Crippen molar-refractivity contribution in [2.75, 3.05) is 13.2 Å². The van der Waals surface area contributed by atoms with Crippen LogP contribution in [0.15, 0.2) is 42.5 Å². The summed E-state index contributed by atoms with van der Waals surface area (Å²) in [5.74, 6) is -0.0182.